The molecule has 4 unspecified atom stereocenters. The summed E-state index contributed by atoms with van der Waals surface area (Å²) in [5.41, 5.74) is 0. The van der Waals surface area contributed by atoms with Crippen LogP contribution in [0.5, 0.6) is 0 Å². The standard InChI is InChI=1S/C10H16O3/c1-6-4-5-7-9(8(6)11)13-10(2,3)12-7/h4-9,11H,1-3H3. The van der Waals surface area contributed by atoms with Gasteiger partial charge in [0.2, 0.25) is 0 Å². The van der Waals surface area contributed by atoms with Crippen LogP contribution in [-0.4, -0.2) is 29.2 Å². The van der Waals surface area contributed by atoms with Gasteiger partial charge in [0.15, 0.2) is 5.79 Å². The second-order valence-corrected chi connectivity index (χ2v) is 4.30. The predicted molar refractivity (Wildman–Crippen MR) is 48.1 cm³/mol. The van der Waals surface area contributed by atoms with Gasteiger partial charge in [-0.05, 0) is 13.8 Å². The first kappa shape index (κ1) is 9.19. The Bertz CT molecular complexity index is 234. The van der Waals surface area contributed by atoms with E-state index >= 15 is 0 Å². The van der Waals surface area contributed by atoms with Crippen molar-refractivity contribution in [2.45, 2.75) is 44.9 Å². The van der Waals surface area contributed by atoms with Crippen LogP contribution in [0.1, 0.15) is 20.8 Å². The summed E-state index contributed by atoms with van der Waals surface area (Å²) in [7, 11) is 0. The lowest BCUT2D eigenvalue weighted by atomic mass is 9.90. The average Bonchev–Trinajstić information content (AvgIpc) is 2.34. The number of rotatable bonds is 0. The van der Waals surface area contributed by atoms with Gasteiger partial charge in [-0.15, -0.1) is 0 Å². The Morgan fingerprint density at radius 1 is 1.23 bits per heavy atom. The van der Waals surface area contributed by atoms with Gasteiger partial charge in [0.1, 0.15) is 12.2 Å². The Morgan fingerprint density at radius 2 is 1.92 bits per heavy atom. The molecule has 74 valence electrons. The van der Waals surface area contributed by atoms with Crippen LogP contribution < -0.4 is 0 Å². The fourth-order valence-corrected chi connectivity index (χ4v) is 1.93. The molecule has 4 atom stereocenters. The molecule has 0 saturated carbocycles. The third kappa shape index (κ3) is 1.52. The Kier molecular flexibility index (Phi) is 1.98. The number of aliphatic hydroxyl groups is 1. The van der Waals surface area contributed by atoms with Gasteiger partial charge >= 0.3 is 0 Å². The average molecular weight is 184 g/mol. The maximum Gasteiger partial charge on any atom is 0.164 e. The van der Waals surface area contributed by atoms with Gasteiger partial charge < -0.3 is 14.6 Å². The van der Waals surface area contributed by atoms with E-state index in [4.69, 9.17) is 9.47 Å². The topological polar surface area (TPSA) is 38.7 Å². The molecule has 3 nitrogen and oxygen atoms in total. The first-order chi connectivity index (χ1) is 5.99. The van der Waals surface area contributed by atoms with E-state index in [-0.39, 0.29) is 18.1 Å². The summed E-state index contributed by atoms with van der Waals surface area (Å²) in [4.78, 5) is 0. The number of ether oxygens (including phenoxy) is 2. The van der Waals surface area contributed by atoms with Crippen LogP contribution in [0.15, 0.2) is 12.2 Å². The maximum absolute atomic E-state index is 9.82. The van der Waals surface area contributed by atoms with Crippen molar-refractivity contribution in [2.24, 2.45) is 5.92 Å². The maximum atomic E-state index is 9.82. The van der Waals surface area contributed by atoms with E-state index in [1.54, 1.807) is 0 Å². The highest BCUT2D eigenvalue weighted by Gasteiger charge is 2.46. The van der Waals surface area contributed by atoms with E-state index in [0.717, 1.165) is 0 Å². The summed E-state index contributed by atoms with van der Waals surface area (Å²) >= 11 is 0. The Morgan fingerprint density at radius 3 is 2.62 bits per heavy atom. The molecule has 1 aliphatic carbocycles. The van der Waals surface area contributed by atoms with Crippen molar-refractivity contribution in [3.63, 3.8) is 0 Å². The number of aliphatic hydroxyl groups excluding tert-OH is 1. The van der Waals surface area contributed by atoms with Crippen LogP contribution in [0.25, 0.3) is 0 Å². The van der Waals surface area contributed by atoms with Crippen molar-refractivity contribution in [3.05, 3.63) is 12.2 Å². The normalized spacial score (nSPS) is 47.7. The van der Waals surface area contributed by atoms with Crippen molar-refractivity contribution in [3.8, 4) is 0 Å². The molecular formula is C10H16O3. The largest absolute Gasteiger partial charge is 0.390 e. The number of hydrogen-bond acceptors (Lipinski definition) is 3. The van der Waals surface area contributed by atoms with Crippen LogP contribution in [0.2, 0.25) is 0 Å². The van der Waals surface area contributed by atoms with Gasteiger partial charge in [0.25, 0.3) is 0 Å². The van der Waals surface area contributed by atoms with E-state index in [1.807, 2.05) is 32.9 Å². The van der Waals surface area contributed by atoms with Gasteiger partial charge in [-0.2, -0.15) is 0 Å². The second-order valence-electron chi connectivity index (χ2n) is 4.30. The van der Waals surface area contributed by atoms with Crippen LogP contribution in [0.4, 0.5) is 0 Å². The van der Waals surface area contributed by atoms with E-state index in [0.29, 0.717) is 0 Å². The monoisotopic (exact) mass is 184 g/mol. The van der Waals surface area contributed by atoms with Gasteiger partial charge in [-0.3, -0.25) is 0 Å². The fourth-order valence-electron chi connectivity index (χ4n) is 1.93. The molecule has 3 heteroatoms. The minimum absolute atomic E-state index is 0.0822. The molecule has 0 amide bonds. The molecule has 0 radical (unpaired) electrons. The lowest BCUT2D eigenvalue weighted by molar-refractivity contribution is -0.154. The van der Waals surface area contributed by atoms with E-state index in [9.17, 15) is 5.11 Å². The minimum atomic E-state index is -0.565. The van der Waals surface area contributed by atoms with Gasteiger partial charge in [0, 0.05) is 5.92 Å². The molecule has 0 spiro atoms. The van der Waals surface area contributed by atoms with E-state index in [2.05, 4.69) is 0 Å². The zero-order valence-electron chi connectivity index (χ0n) is 8.23. The molecule has 13 heavy (non-hydrogen) atoms. The molecule has 2 rings (SSSR count). The third-order valence-electron chi connectivity index (χ3n) is 2.64. The highest BCUT2D eigenvalue weighted by molar-refractivity contribution is 5.09. The molecule has 2 aliphatic rings. The third-order valence-corrected chi connectivity index (χ3v) is 2.64. The summed E-state index contributed by atoms with van der Waals surface area (Å²) in [5, 5.41) is 9.82. The van der Waals surface area contributed by atoms with Crippen molar-refractivity contribution < 1.29 is 14.6 Å². The Hall–Kier alpha value is -0.380. The van der Waals surface area contributed by atoms with Gasteiger partial charge in [-0.1, -0.05) is 19.1 Å². The number of fused-ring (bicyclic) bond motifs is 1. The lowest BCUT2D eigenvalue weighted by Gasteiger charge is -2.28. The van der Waals surface area contributed by atoms with Gasteiger partial charge in [0.05, 0.1) is 6.10 Å². The summed E-state index contributed by atoms with van der Waals surface area (Å²) in [6, 6.07) is 0. The highest BCUT2D eigenvalue weighted by Crippen LogP contribution is 2.35. The summed E-state index contributed by atoms with van der Waals surface area (Å²) < 4.78 is 11.2. The Balaban J connectivity index is 2.19. The molecular weight excluding hydrogens is 168 g/mol. The second kappa shape index (κ2) is 2.80. The summed E-state index contributed by atoms with van der Waals surface area (Å²) in [5.74, 6) is -0.413. The summed E-state index contributed by atoms with van der Waals surface area (Å²) in [6.45, 7) is 5.72. The molecule has 0 aromatic heterocycles. The smallest absolute Gasteiger partial charge is 0.164 e. The Labute approximate surface area is 78.3 Å². The van der Waals surface area contributed by atoms with E-state index in [1.165, 1.54) is 0 Å². The first-order valence-electron chi connectivity index (χ1n) is 4.72. The molecule has 0 bridgehead atoms. The molecule has 1 saturated heterocycles. The first-order valence-corrected chi connectivity index (χ1v) is 4.72. The highest BCUT2D eigenvalue weighted by atomic mass is 16.8. The quantitative estimate of drug-likeness (QED) is 0.572. The molecule has 1 heterocycles. The lowest BCUT2D eigenvalue weighted by Crippen LogP contribution is -2.41. The fraction of sp³-hybridized carbons (Fsp3) is 0.800. The molecule has 0 aromatic rings. The summed E-state index contributed by atoms with van der Waals surface area (Å²) in [6.07, 6.45) is 3.24. The predicted octanol–water partition coefficient (Wildman–Crippen LogP) is 1.07. The van der Waals surface area contributed by atoms with Crippen molar-refractivity contribution >= 4 is 0 Å². The zero-order chi connectivity index (χ0) is 9.64. The molecule has 0 aromatic carbocycles. The van der Waals surface area contributed by atoms with Crippen LogP contribution in [0.3, 0.4) is 0 Å². The van der Waals surface area contributed by atoms with Crippen molar-refractivity contribution in [2.75, 3.05) is 0 Å². The van der Waals surface area contributed by atoms with E-state index < -0.39 is 11.9 Å². The molecule has 1 aliphatic heterocycles. The minimum Gasteiger partial charge on any atom is -0.390 e. The number of hydrogen-bond donors (Lipinski definition) is 1. The molecule has 1 fully saturated rings. The SMILES string of the molecule is CC1C=CC2OC(C)(C)OC2C1O. The van der Waals surface area contributed by atoms with Crippen LogP contribution in [0, 0.1) is 5.92 Å². The molecule has 1 N–H and O–H groups in total. The van der Waals surface area contributed by atoms with Crippen molar-refractivity contribution in [1.29, 1.82) is 0 Å². The van der Waals surface area contributed by atoms with Crippen LogP contribution >= 0.6 is 0 Å². The van der Waals surface area contributed by atoms with Gasteiger partial charge in [-0.25, -0.2) is 0 Å². The van der Waals surface area contributed by atoms with Crippen LogP contribution in [-0.2, 0) is 9.47 Å². The van der Waals surface area contributed by atoms with Crippen molar-refractivity contribution in [1.82, 2.24) is 0 Å². The zero-order valence-corrected chi connectivity index (χ0v) is 8.23.